The molecule has 1 atom stereocenters. The third-order valence-electron chi connectivity index (χ3n) is 6.67. The van der Waals surface area contributed by atoms with Crippen LogP contribution in [0.25, 0.3) is 22.1 Å². The van der Waals surface area contributed by atoms with Crippen LogP contribution in [-0.4, -0.2) is 65.7 Å². The SMILES string of the molecule is CC1CN(S(C)(=O)=O)CCN1Cc1cc2c(=O)n(C)cc(-c3ccnc(OCC4CC4)c3)c2o1. The summed E-state index contributed by atoms with van der Waals surface area (Å²) in [7, 11) is -1.48. The fraction of sp³-hybridized carbons (Fsp3) is 0.500. The minimum absolute atomic E-state index is 0.0327. The first-order valence-electron chi connectivity index (χ1n) is 11.6. The molecule has 0 amide bonds. The first kappa shape index (κ1) is 23.1. The van der Waals surface area contributed by atoms with E-state index in [0.717, 1.165) is 11.1 Å². The molecule has 4 heterocycles. The minimum atomic E-state index is -3.21. The average Bonchev–Trinajstić information content (AvgIpc) is 3.53. The van der Waals surface area contributed by atoms with Crippen LogP contribution in [0, 0.1) is 5.92 Å². The molecule has 3 aromatic rings. The van der Waals surface area contributed by atoms with Gasteiger partial charge in [-0.2, -0.15) is 4.31 Å². The number of aromatic nitrogens is 2. The summed E-state index contributed by atoms with van der Waals surface area (Å²) in [6.45, 7) is 4.66. The van der Waals surface area contributed by atoms with Gasteiger partial charge in [-0.15, -0.1) is 0 Å². The van der Waals surface area contributed by atoms with Crippen molar-refractivity contribution in [2.45, 2.75) is 32.4 Å². The van der Waals surface area contributed by atoms with Gasteiger partial charge in [-0.3, -0.25) is 9.69 Å². The highest BCUT2D eigenvalue weighted by Crippen LogP contribution is 2.32. The van der Waals surface area contributed by atoms with Crippen molar-refractivity contribution in [2.24, 2.45) is 13.0 Å². The number of pyridine rings is 2. The molecular formula is C24H30N4O5S. The van der Waals surface area contributed by atoms with Gasteiger partial charge in [-0.25, -0.2) is 13.4 Å². The molecule has 1 saturated heterocycles. The van der Waals surface area contributed by atoms with Crippen LogP contribution in [0.5, 0.6) is 5.88 Å². The summed E-state index contributed by atoms with van der Waals surface area (Å²) in [5.74, 6) is 1.87. The Kier molecular flexibility index (Phi) is 5.99. The lowest BCUT2D eigenvalue weighted by Gasteiger charge is -2.38. The third kappa shape index (κ3) is 4.75. The molecule has 0 radical (unpaired) electrons. The number of piperazine rings is 1. The Labute approximate surface area is 199 Å². The molecule has 1 saturated carbocycles. The van der Waals surface area contributed by atoms with Crippen LogP contribution in [-0.2, 0) is 23.6 Å². The molecule has 10 heteroatoms. The monoisotopic (exact) mass is 486 g/mol. The topological polar surface area (TPSA) is 97.9 Å². The second-order valence-electron chi connectivity index (χ2n) is 9.49. The molecule has 2 fully saturated rings. The summed E-state index contributed by atoms with van der Waals surface area (Å²) in [5, 5.41) is 0.523. The predicted octanol–water partition coefficient (Wildman–Crippen LogP) is 2.45. The second-order valence-corrected chi connectivity index (χ2v) is 11.5. The standard InChI is InChI=1S/C24H30N4O5S/c1-16-12-28(34(3,30)31)9-8-27(16)13-19-11-20-23(33-19)21(14-26(2)24(20)29)18-6-7-25-22(10-18)32-15-17-4-5-17/h6-7,10-11,14,16-17H,4-5,8-9,12-13,15H2,1-3H3. The zero-order valence-corrected chi connectivity index (χ0v) is 20.5. The zero-order chi connectivity index (χ0) is 24.0. The lowest BCUT2D eigenvalue weighted by molar-refractivity contribution is 0.115. The number of hydrogen-bond acceptors (Lipinski definition) is 7. The van der Waals surface area contributed by atoms with Gasteiger partial charge >= 0.3 is 0 Å². The van der Waals surface area contributed by atoms with E-state index in [1.54, 1.807) is 24.0 Å². The number of hydrogen-bond donors (Lipinski definition) is 0. The Hall–Kier alpha value is -2.69. The molecule has 182 valence electrons. The highest BCUT2D eigenvalue weighted by Gasteiger charge is 2.29. The van der Waals surface area contributed by atoms with Crippen LogP contribution in [0.3, 0.4) is 0 Å². The largest absolute Gasteiger partial charge is 0.477 e. The Bertz CT molecular complexity index is 1380. The lowest BCUT2D eigenvalue weighted by atomic mass is 10.1. The van der Waals surface area contributed by atoms with Crippen LogP contribution in [0.1, 0.15) is 25.5 Å². The van der Waals surface area contributed by atoms with E-state index < -0.39 is 10.0 Å². The van der Waals surface area contributed by atoms with E-state index in [2.05, 4.69) is 9.88 Å². The van der Waals surface area contributed by atoms with Crippen molar-refractivity contribution in [1.29, 1.82) is 0 Å². The molecule has 0 bridgehead atoms. The van der Waals surface area contributed by atoms with Gasteiger partial charge in [0, 0.05) is 56.7 Å². The Morgan fingerprint density at radius 2 is 2.03 bits per heavy atom. The normalized spacial score (nSPS) is 20.1. The molecule has 3 aromatic heterocycles. The lowest BCUT2D eigenvalue weighted by Crippen LogP contribution is -2.52. The predicted molar refractivity (Wildman–Crippen MR) is 129 cm³/mol. The molecular weight excluding hydrogens is 456 g/mol. The summed E-state index contributed by atoms with van der Waals surface area (Å²) in [6, 6.07) is 5.61. The summed E-state index contributed by atoms with van der Waals surface area (Å²) in [6.07, 6.45) is 7.15. The molecule has 9 nitrogen and oxygen atoms in total. The van der Waals surface area contributed by atoms with E-state index in [-0.39, 0.29) is 11.6 Å². The van der Waals surface area contributed by atoms with Gasteiger partial charge in [-0.05, 0) is 43.4 Å². The van der Waals surface area contributed by atoms with E-state index >= 15 is 0 Å². The third-order valence-corrected chi connectivity index (χ3v) is 7.94. The Morgan fingerprint density at radius 1 is 1.24 bits per heavy atom. The number of furan rings is 1. The maximum absolute atomic E-state index is 12.9. The van der Waals surface area contributed by atoms with E-state index in [4.69, 9.17) is 9.15 Å². The maximum Gasteiger partial charge on any atom is 0.261 e. The highest BCUT2D eigenvalue weighted by molar-refractivity contribution is 7.88. The van der Waals surface area contributed by atoms with Crippen molar-refractivity contribution in [3.63, 3.8) is 0 Å². The smallest absolute Gasteiger partial charge is 0.261 e. The number of rotatable bonds is 7. The summed E-state index contributed by atoms with van der Waals surface area (Å²) in [5.41, 5.74) is 2.09. The number of aryl methyl sites for hydroxylation is 1. The fourth-order valence-electron chi connectivity index (χ4n) is 4.43. The van der Waals surface area contributed by atoms with Crippen LogP contribution < -0.4 is 10.3 Å². The minimum Gasteiger partial charge on any atom is -0.477 e. The molecule has 1 unspecified atom stereocenters. The molecule has 2 aliphatic rings. The van der Waals surface area contributed by atoms with Gasteiger partial charge in [-0.1, -0.05) is 0 Å². The van der Waals surface area contributed by atoms with Gasteiger partial charge in [0.1, 0.15) is 11.3 Å². The van der Waals surface area contributed by atoms with Crippen molar-refractivity contribution < 1.29 is 17.6 Å². The quantitative estimate of drug-likeness (QED) is 0.506. The highest BCUT2D eigenvalue weighted by atomic mass is 32.2. The molecule has 34 heavy (non-hydrogen) atoms. The van der Waals surface area contributed by atoms with Gasteiger partial charge in [0.05, 0.1) is 24.8 Å². The summed E-state index contributed by atoms with van der Waals surface area (Å²) < 4.78 is 38.9. The number of sulfonamides is 1. The first-order chi connectivity index (χ1) is 16.2. The molecule has 1 aliphatic carbocycles. The zero-order valence-electron chi connectivity index (χ0n) is 19.7. The Morgan fingerprint density at radius 3 is 2.74 bits per heavy atom. The summed E-state index contributed by atoms with van der Waals surface area (Å²) >= 11 is 0. The van der Waals surface area contributed by atoms with Crippen LogP contribution in [0.2, 0.25) is 0 Å². The van der Waals surface area contributed by atoms with Crippen molar-refractivity contribution in [3.8, 4) is 17.0 Å². The van der Waals surface area contributed by atoms with Crippen molar-refractivity contribution in [2.75, 3.05) is 32.5 Å². The van der Waals surface area contributed by atoms with Crippen molar-refractivity contribution in [3.05, 3.63) is 46.7 Å². The van der Waals surface area contributed by atoms with E-state index in [1.165, 1.54) is 23.4 Å². The molecule has 0 N–H and O–H groups in total. The molecule has 0 aromatic carbocycles. The summed E-state index contributed by atoms with van der Waals surface area (Å²) in [4.78, 5) is 19.4. The second kappa shape index (κ2) is 8.83. The molecule has 1 aliphatic heterocycles. The fourth-order valence-corrected chi connectivity index (χ4v) is 5.33. The van der Waals surface area contributed by atoms with Crippen LogP contribution in [0.4, 0.5) is 0 Å². The van der Waals surface area contributed by atoms with Gasteiger partial charge in [0.25, 0.3) is 5.56 Å². The van der Waals surface area contributed by atoms with Crippen molar-refractivity contribution >= 4 is 21.0 Å². The van der Waals surface area contributed by atoms with E-state index in [0.29, 0.717) is 61.3 Å². The van der Waals surface area contributed by atoms with Crippen LogP contribution >= 0.6 is 0 Å². The van der Waals surface area contributed by atoms with Gasteiger partial charge in [0.2, 0.25) is 15.9 Å². The van der Waals surface area contributed by atoms with Gasteiger partial charge in [0.15, 0.2) is 0 Å². The molecule has 5 rings (SSSR count). The van der Waals surface area contributed by atoms with E-state index in [1.807, 2.05) is 25.1 Å². The van der Waals surface area contributed by atoms with Crippen LogP contribution in [0.15, 0.2) is 39.8 Å². The maximum atomic E-state index is 12.9. The van der Waals surface area contributed by atoms with Gasteiger partial charge < -0.3 is 13.7 Å². The number of ether oxygens (including phenoxy) is 1. The first-order valence-corrected chi connectivity index (χ1v) is 13.4. The van der Waals surface area contributed by atoms with Crippen molar-refractivity contribution in [1.82, 2.24) is 18.8 Å². The number of nitrogens with zero attached hydrogens (tertiary/aromatic N) is 4. The number of fused-ring (bicyclic) bond motifs is 1. The average molecular weight is 487 g/mol. The Balaban J connectivity index is 1.43. The van der Waals surface area contributed by atoms with E-state index in [9.17, 15) is 13.2 Å². The molecule has 0 spiro atoms.